The van der Waals surface area contributed by atoms with E-state index in [-0.39, 0.29) is 19.2 Å². The van der Waals surface area contributed by atoms with E-state index in [0.717, 1.165) is 6.08 Å². The van der Waals surface area contributed by atoms with Gasteiger partial charge in [0, 0.05) is 25.4 Å². The van der Waals surface area contributed by atoms with E-state index >= 15 is 0 Å². The van der Waals surface area contributed by atoms with Crippen LogP contribution in [0.25, 0.3) is 0 Å². The van der Waals surface area contributed by atoms with Crippen molar-refractivity contribution in [3.05, 3.63) is 24.8 Å². The largest absolute Gasteiger partial charge is 0.460 e. The summed E-state index contributed by atoms with van der Waals surface area (Å²) in [5.74, 6) is -0.823. The summed E-state index contributed by atoms with van der Waals surface area (Å²) in [4.78, 5) is 21.5. The van der Waals surface area contributed by atoms with Crippen LogP contribution in [0.4, 0.5) is 0 Å². The summed E-state index contributed by atoms with van der Waals surface area (Å²) in [7, 11) is 1.62. The van der Waals surface area contributed by atoms with Crippen molar-refractivity contribution in [2.45, 2.75) is 13.8 Å². The second kappa shape index (κ2) is 27.2. The molecule has 10 nitrogen and oxygen atoms in total. The van der Waals surface area contributed by atoms with E-state index in [1.807, 2.05) is 6.92 Å². The molecule has 0 aromatic carbocycles. The van der Waals surface area contributed by atoms with E-state index in [9.17, 15) is 9.59 Å². The number of esters is 2. The molecule has 0 aliphatic rings. The van der Waals surface area contributed by atoms with Gasteiger partial charge in [0.15, 0.2) is 0 Å². The van der Waals surface area contributed by atoms with Crippen molar-refractivity contribution in [2.75, 3.05) is 93.0 Å². The van der Waals surface area contributed by atoms with Gasteiger partial charge in [0.1, 0.15) is 13.2 Å². The van der Waals surface area contributed by atoms with E-state index in [1.165, 1.54) is 0 Å². The zero-order valence-electron chi connectivity index (χ0n) is 19.8. The normalized spacial score (nSPS) is 10.1. The molecule has 0 aromatic rings. The maximum Gasteiger partial charge on any atom is 0.333 e. The Labute approximate surface area is 191 Å². The molecule has 0 atom stereocenters. The van der Waals surface area contributed by atoms with E-state index < -0.39 is 5.97 Å². The molecule has 0 N–H and O–H groups in total. The van der Waals surface area contributed by atoms with Crippen molar-refractivity contribution in [1.29, 1.82) is 0 Å². The highest BCUT2D eigenvalue weighted by Crippen LogP contribution is 1.91. The molecule has 188 valence electrons. The Morgan fingerprint density at radius 3 is 1.50 bits per heavy atom. The van der Waals surface area contributed by atoms with Crippen LogP contribution in [0.5, 0.6) is 0 Å². The van der Waals surface area contributed by atoms with Crippen LogP contribution in [-0.4, -0.2) is 105 Å². The number of hydrogen-bond acceptors (Lipinski definition) is 10. The van der Waals surface area contributed by atoms with Crippen LogP contribution < -0.4 is 0 Å². The van der Waals surface area contributed by atoms with Crippen LogP contribution in [0.1, 0.15) is 13.8 Å². The molecule has 0 heterocycles. The molecule has 0 fully saturated rings. The maximum atomic E-state index is 11.0. The molecule has 0 amide bonds. The van der Waals surface area contributed by atoms with Crippen molar-refractivity contribution in [3.8, 4) is 0 Å². The average molecular weight is 465 g/mol. The molecule has 0 aliphatic heterocycles. The maximum absolute atomic E-state index is 11.0. The van der Waals surface area contributed by atoms with Gasteiger partial charge in [-0.25, -0.2) is 9.59 Å². The molecule has 32 heavy (non-hydrogen) atoms. The predicted molar refractivity (Wildman–Crippen MR) is 119 cm³/mol. The first kappa shape index (κ1) is 32.4. The molecule has 0 aliphatic carbocycles. The fraction of sp³-hybridized carbons (Fsp3) is 0.727. The number of hydrogen-bond donors (Lipinski definition) is 0. The molecule has 0 unspecified atom stereocenters. The molecule has 0 aromatic heterocycles. The van der Waals surface area contributed by atoms with Crippen LogP contribution in [0.15, 0.2) is 24.8 Å². The highest BCUT2D eigenvalue weighted by atomic mass is 16.6. The van der Waals surface area contributed by atoms with Crippen LogP contribution in [0.3, 0.4) is 0 Å². The fourth-order valence-corrected chi connectivity index (χ4v) is 1.62. The molecular formula is C22H40O10. The predicted octanol–water partition coefficient (Wildman–Crippen LogP) is 1.57. The molecular weight excluding hydrogens is 424 g/mol. The smallest absolute Gasteiger partial charge is 0.333 e. The minimum absolute atomic E-state index is 0.239. The Kier molecular flexibility index (Phi) is 27.5. The number of carbonyl (C=O) groups excluding carboxylic acids is 2. The minimum Gasteiger partial charge on any atom is -0.460 e. The zero-order valence-corrected chi connectivity index (χ0v) is 19.8. The number of rotatable bonds is 21. The van der Waals surface area contributed by atoms with Crippen LogP contribution in [0.2, 0.25) is 0 Å². The molecule has 0 spiro atoms. The van der Waals surface area contributed by atoms with E-state index in [4.69, 9.17) is 37.9 Å². The highest BCUT2D eigenvalue weighted by Gasteiger charge is 2.01. The molecule has 0 saturated carbocycles. The molecule has 10 heteroatoms. The second-order valence-electron chi connectivity index (χ2n) is 5.93. The van der Waals surface area contributed by atoms with Gasteiger partial charge in [0.25, 0.3) is 0 Å². The molecule has 0 radical (unpaired) electrons. The van der Waals surface area contributed by atoms with Gasteiger partial charge in [-0.2, -0.15) is 0 Å². The third-order valence-corrected chi connectivity index (χ3v) is 3.20. The summed E-state index contributed by atoms with van der Waals surface area (Å²) in [6.45, 7) is 16.5. The lowest BCUT2D eigenvalue weighted by Crippen LogP contribution is -2.14. The minimum atomic E-state index is -0.435. The quantitative estimate of drug-likeness (QED) is 0.141. The summed E-state index contributed by atoms with van der Waals surface area (Å²) in [6, 6.07) is 0. The monoisotopic (exact) mass is 464 g/mol. The lowest BCUT2D eigenvalue weighted by atomic mass is 10.4. The Hall–Kier alpha value is -1.82. The van der Waals surface area contributed by atoms with E-state index in [1.54, 1.807) is 14.0 Å². The molecule has 0 bridgehead atoms. The SMILES string of the molecule is C=C(C)C(=O)OCCOCCOCCOCC.C=CC(=O)OCCOCCOCCOC. The van der Waals surface area contributed by atoms with Crippen molar-refractivity contribution in [3.63, 3.8) is 0 Å². The van der Waals surface area contributed by atoms with Gasteiger partial charge in [-0.1, -0.05) is 13.2 Å². The van der Waals surface area contributed by atoms with Gasteiger partial charge in [-0.15, -0.1) is 0 Å². The third kappa shape index (κ3) is 28.2. The Balaban J connectivity index is 0. The average Bonchev–Trinajstić information content (AvgIpc) is 2.79. The summed E-state index contributed by atoms with van der Waals surface area (Å²) >= 11 is 0. The Morgan fingerprint density at radius 1 is 0.688 bits per heavy atom. The molecule has 0 rings (SSSR count). The van der Waals surface area contributed by atoms with E-state index in [2.05, 4.69) is 13.2 Å². The van der Waals surface area contributed by atoms with Gasteiger partial charge in [0.05, 0.1) is 66.1 Å². The van der Waals surface area contributed by atoms with E-state index in [0.29, 0.717) is 78.2 Å². The van der Waals surface area contributed by atoms with Gasteiger partial charge in [0.2, 0.25) is 0 Å². The fourth-order valence-electron chi connectivity index (χ4n) is 1.62. The third-order valence-electron chi connectivity index (χ3n) is 3.20. The first-order valence-electron chi connectivity index (χ1n) is 10.5. The summed E-state index contributed by atoms with van der Waals surface area (Å²) in [6.07, 6.45) is 1.12. The van der Waals surface area contributed by atoms with Crippen LogP contribution in [0, 0.1) is 0 Å². The summed E-state index contributed by atoms with van der Waals surface area (Å²) in [5, 5.41) is 0. The van der Waals surface area contributed by atoms with Crippen LogP contribution >= 0.6 is 0 Å². The van der Waals surface area contributed by atoms with Crippen LogP contribution in [-0.2, 0) is 47.5 Å². The Bertz CT molecular complexity index is 468. The highest BCUT2D eigenvalue weighted by molar-refractivity contribution is 5.86. The summed E-state index contributed by atoms with van der Waals surface area (Å²) < 4.78 is 40.1. The van der Waals surface area contributed by atoms with Crippen molar-refractivity contribution >= 4 is 11.9 Å². The lowest BCUT2D eigenvalue weighted by molar-refractivity contribution is -0.141. The number of carbonyl (C=O) groups is 2. The summed E-state index contributed by atoms with van der Waals surface area (Å²) in [5.41, 5.74) is 0.393. The molecule has 0 saturated heterocycles. The van der Waals surface area contributed by atoms with Gasteiger partial charge in [-0.3, -0.25) is 0 Å². The van der Waals surface area contributed by atoms with Crippen molar-refractivity contribution in [1.82, 2.24) is 0 Å². The lowest BCUT2D eigenvalue weighted by Gasteiger charge is -2.06. The van der Waals surface area contributed by atoms with Crippen molar-refractivity contribution < 1.29 is 47.5 Å². The van der Waals surface area contributed by atoms with Crippen molar-refractivity contribution in [2.24, 2.45) is 0 Å². The second-order valence-corrected chi connectivity index (χ2v) is 5.93. The first-order valence-corrected chi connectivity index (χ1v) is 10.5. The zero-order chi connectivity index (χ0) is 24.3. The topological polar surface area (TPSA) is 108 Å². The first-order chi connectivity index (χ1) is 15.5. The van der Waals surface area contributed by atoms with Gasteiger partial charge >= 0.3 is 11.9 Å². The number of ether oxygens (including phenoxy) is 8. The standard InChI is InChI=1S/C12H22O5.C10H18O5/c1-4-14-5-6-15-7-8-16-9-10-17-12(13)11(2)3;1-3-10(11)15-9-8-14-7-6-13-5-4-12-2/h2,4-10H2,1,3H3;3H,1,4-9H2,2H3. The number of methoxy groups -OCH3 is 1. The van der Waals surface area contributed by atoms with Gasteiger partial charge < -0.3 is 37.9 Å². The van der Waals surface area contributed by atoms with Gasteiger partial charge in [-0.05, 0) is 13.8 Å². The Morgan fingerprint density at radius 2 is 1.09 bits per heavy atom.